The Bertz CT molecular complexity index is 161. The van der Waals surface area contributed by atoms with E-state index in [9.17, 15) is 9.59 Å². The molecule has 6 heteroatoms. The van der Waals surface area contributed by atoms with Crippen LogP contribution in [0.15, 0.2) is 0 Å². The van der Waals surface area contributed by atoms with E-state index in [1.807, 2.05) is 0 Å². The van der Waals surface area contributed by atoms with Gasteiger partial charge in [0.05, 0.1) is 0 Å². The molecule has 64 valence electrons. The van der Waals surface area contributed by atoms with E-state index in [1.54, 1.807) is 0 Å². The van der Waals surface area contributed by atoms with Gasteiger partial charge in [-0.1, -0.05) is 0 Å². The molecule has 11 heavy (non-hydrogen) atoms. The Labute approximate surface area is 69.5 Å². The molecule has 0 radical (unpaired) electrons. The minimum atomic E-state index is -0.962. The summed E-state index contributed by atoms with van der Waals surface area (Å²) in [5.74, 6) is -1.22. The van der Waals surface area contributed by atoms with Gasteiger partial charge < -0.3 is 14.7 Å². The lowest BCUT2D eigenvalue weighted by Crippen LogP contribution is -2.35. The first kappa shape index (κ1) is 10.2. The molecule has 0 aliphatic rings. The molecular weight excluding hydrogens is 170 g/mol. The summed E-state index contributed by atoms with van der Waals surface area (Å²) in [4.78, 5) is 20.7. The van der Waals surface area contributed by atoms with Crippen LogP contribution in [0.2, 0.25) is 0 Å². The zero-order chi connectivity index (χ0) is 8.85. The van der Waals surface area contributed by atoms with E-state index in [4.69, 9.17) is 5.73 Å². The van der Waals surface area contributed by atoms with Crippen molar-refractivity contribution in [3.8, 4) is 0 Å². The fourth-order valence-corrected chi connectivity index (χ4v) is 0.478. The first-order valence-corrected chi connectivity index (χ1v) is 3.18. The van der Waals surface area contributed by atoms with Gasteiger partial charge in [0.2, 0.25) is 0 Å². The van der Waals surface area contributed by atoms with Crippen LogP contribution in [-0.2, 0) is 18.5 Å². The van der Waals surface area contributed by atoms with Gasteiger partial charge in [-0.05, 0) is 0 Å². The van der Waals surface area contributed by atoms with Crippen molar-refractivity contribution < 1.29 is 18.5 Å². The molecule has 0 aliphatic heterocycles. The highest BCUT2D eigenvalue weighted by Crippen LogP contribution is 1.89. The summed E-state index contributed by atoms with van der Waals surface area (Å²) in [6.07, 6.45) is 0. The lowest BCUT2D eigenvalue weighted by Gasteiger charge is -2.06. The molecule has 0 amide bonds. The number of esters is 1. The number of thiol groups is 1. The normalized spacial score (nSPS) is 11.9. The Balaban J connectivity index is 3.60. The van der Waals surface area contributed by atoms with Gasteiger partial charge in [0.1, 0.15) is 12.6 Å². The Kier molecular flexibility index (Phi) is 4.64. The highest BCUT2D eigenvalue weighted by molar-refractivity contribution is 7.75. The third kappa shape index (κ3) is 4.63. The third-order valence-electron chi connectivity index (χ3n) is 0.859. The van der Waals surface area contributed by atoms with Crippen LogP contribution in [0, 0.1) is 0 Å². The second-order valence-electron chi connectivity index (χ2n) is 1.82. The maximum Gasteiger partial charge on any atom is 0.338 e. The first-order valence-electron chi connectivity index (χ1n) is 2.82. The summed E-state index contributed by atoms with van der Waals surface area (Å²) in [5, 5.41) is 0. The second-order valence-corrected chi connectivity index (χ2v) is 2.00. The third-order valence-corrected chi connectivity index (χ3v) is 1.04. The molecule has 0 aliphatic carbocycles. The van der Waals surface area contributed by atoms with Crippen LogP contribution in [0.1, 0.15) is 6.92 Å². The van der Waals surface area contributed by atoms with Gasteiger partial charge in [-0.3, -0.25) is 4.79 Å². The standard InChI is InChI=1S/C5H9NO4S/c1-3(7)9-2-4(6)5(8)10-11/h4,11H,2,6H2,1H3/t4-/m0/s1. The maximum absolute atomic E-state index is 10.5. The molecule has 0 bridgehead atoms. The molecule has 0 aromatic heterocycles. The maximum atomic E-state index is 10.5. The van der Waals surface area contributed by atoms with Crippen LogP contribution < -0.4 is 5.73 Å². The van der Waals surface area contributed by atoms with E-state index in [0.29, 0.717) is 0 Å². The average Bonchev–Trinajstić information content (AvgIpc) is 1.98. The van der Waals surface area contributed by atoms with Crippen molar-refractivity contribution >= 4 is 24.8 Å². The minimum Gasteiger partial charge on any atom is -0.464 e. The molecule has 0 rings (SSSR count). The summed E-state index contributed by atoms with van der Waals surface area (Å²) >= 11 is 3.23. The number of hydrogen-bond donors (Lipinski definition) is 2. The van der Waals surface area contributed by atoms with Crippen molar-refractivity contribution in [1.29, 1.82) is 0 Å². The predicted molar refractivity (Wildman–Crippen MR) is 39.7 cm³/mol. The highest BCUT2D eigenvalue weighted by Gasteiger charge is 2.15. The van der Waals surface area contributed by atoms with Crippen LogP contribution in [0.5, 0.6) is 0 Å². The van der Waals surface area contributed by atoms with Gasteiger partial charge >= 0.3 is 11.9 Å². The van der Waals surface area contributed by atoms with Gasteiger partial charge in [-0.25, -0.2) is 4.79 Å². The molecule has 0 spiro atoms. The van der Waals surface area contributed by atoms with Crippen molar-refractivity contribution in [3.63, 3.8) is 0 Å². The Morgan fingerprint density at radius 3 is 2.55 bits per heavy atom. The number of rotatable bonds is 3. The number of hydrogen-bond acceptors (Lipinski definition) is 6. The number of nitrogens with two attached hydrogens (primary N) is 1. The highest BCUT2D eigenvalue weighted by atomic mass is 32.1. The van der Waals surface area contributed by atoms with E-state index < -0.39 is 18.0 Å². The lowest BCUT2D eigenvalue weighted by molar-refractivity contribution is -0.144. The van der Waals surface area contributed by atoms with Crippen molar-refractivity contribution in [1.82, 2.24) is 0 Å². The molecule has 0 aromatic rings. The second kappa shape index (κ2) is 4.97. The largest absolute Gasteiger partial charge is 0.464 e. The van der Waals surface area contributed by atoms with Crippen molar-refractivity contribution in [3.05, 3.63) is 0 Å². The summed E-state index contributed by atoms with van der Waals surface area (Å²) in [5.41, 5.74) is 5.18. The van der Waals surface area contributed by atoms with Gasteiger partial charge in [0.15, 0.2) is 0 Å². The molecule has 0 aromatic carbocycles. The smallest absolute Gasteiger partial charge is 0.338 e. The molecule has 2 N–H and O–H groups in total. The van der Waals surface area contributed by atoms with Crippen molar-refractivity contribution in [2.45, 2.75) is 13.0 Å². The van der Waals surface area contributed by atoms with Crippen molar-refractivity contribution in [2.75, 3.05) is 6.61 Å². The van der Waals surface area contributed by atoms with E-state index >= 15 is 0 Å². The number of carbonyl (C=O) groups excluding carboxylic acids is 2. The fraction of sp³-hybridized carbons (Fsp3) is 0.600. The molecule has 0 saturated heterocycles. The topological polar surface area (TPSA) is 78.6 Å². The summed E-state index contributed by atoms with van der Waals surface area (Å²) in [7, 11) is 0. The lowest BCUT2D eigenvalue weighted by atomic mass is 10.3. The Hall–Kier alpha value is -0.750. The van der Waals surface area contributed by atoms with E-state index in [-0.39, 0.29) is 6.61 Å². The SMILES string of the molecule is CC(=O)OC[C@H](N)C(=O)OS. The molecule has 1 atom stereocenters. The quantitative estimate of drug-likeness (QED) is 0.339. The van der Waals surface area contributed by atoms with Crippen LogP contribution in [0.3, 0.4) is 0 Å². The van der Waals surface area contributed by atoms with Gasteiger partial charge in [0, 0.05) is 19.8 Å². The minimum absolute atomic E-state index is 0.186. The zero-order valence-electron chi connectivity index (χ0n) is 5.94. The fourth-order valence-electron chi connectivity index (χ4n) is 0.343. The van der Waals surface area contributed by atoms with Crippen LogP contribution in [-0.4, -0.2) is 24.6 Å². The van der Waals surface area contributed by atoms with E-state index in [2.05, 4.69) is 21.8 Å². The van der Waals surface area contributed by atoms with Crippen molar-refractivity contribution in [2.24, 2.45) is 5.73 Å². The Morgan fingerprint density at radius 2 is 2.18 bits per heavy atom. The Morgan fingerprint density at radius 1 is 1.64 bits per heavy atom. The summed E-state index contributed by atoms with van der Waals surface area (Å²) in [6.45, 7) is 1.04. The van der Waals surface area contributed by atoms with E-state index in [0.717, 1.165) is 0 Å². The van der Waals surface area contributed by atoms with Crippen LogP contribution in [0.25, 0.3) is 0 Å². The van der Waals surface area contributed by atoms with Gasteiger partial charge in [-0.2, -0.15) is 0 Å². The average molecular weight is 179 g/mol. The monoisotopic (exact) mass is 179 g/mol. The molecule has 0 unspecified atom stereocenters. The molecule has 5 nitrogen and oxygen atoms in total. The zero-order valence-corrected chi connectivity index (χ0v) is 6.84. The molecular formula is C5H9NO4S. The van der Waals surface area contributed by atoms with E-state index in [1.165, 1.54) is 6.92 Å². The van der Waals surface area contributed by atoms with Crippen LogP contribution >= 0.6 is 12.9 Å². The number of ether oxygens (including phenoxy) is 1. The van der Waals surface area contributed by atoms with Gasteiger partial charge in [0.25, 0.3) is 0 Å². The van der Waals surface area contributed by atoms with Gasteiger partial charge in [-0.15, -0.1) is 0 Å². The van der Waals surface area contributed by atoms with Crippen LogP contribution in [0.4, 0.5) is 0 Å². The predicted octanol–water partition coefficient (Wildman–Crippen LogP) is -0.735. The number of carbonyl (C=O) groups is 2. The molecule has 0 saturated carbocycles. The molecule has 0 heterocycles. The molecule has 0 fully saturated rings. The first-order chi connectivity index (χ1) is 5.07. The summed E-state index contributed by atoms with van der Waals surface area (Å²) < 4.78 is 8.41. The summed E-state index contributed by atoms with van der Waals surface area (Å²) in [6, 6.07) is -0.962.